The van der Waals surface area contributed by atoms with Crippen molar-refractivity contribution in [3.8, 4) is 11.5 Å². The average molecular weight is 350 g/mol. The van der Waals surface area contributed by atoms with E-state index in [4.69, 9.17) is 9.47 Å². The Bertz CT molecular complexity index is 606. The number of hydrogen-bond acceptors (Lipinski definition) is 3. The first-order valence-corrected chi connectivity index (χ1v) is 7.55. The van der Waals surface area contributed by atoms with Crippen LogP contribution in [0, 0.1) is 6.92 Å². The molecule has 0 heterocycles. The van der Waals surface area contributed by atoms with E-state index in [1.165, 1.54) is 11.1 Å². The van der Waals surface area contributed by atoms with E-state index in [0.29, 0.717) is 0 Å². The molecule has 1 atom stereocenters. The smallest absolute Gasteiger partial charge is 0.122 e. The van der Waals surface area contributed by atoms with Crippen molar-refractivity contribution in [1.82, 2.24) is 5.32 Å². The standard InChI is InChI=1S/C17H20BrNO2/c1-11-6-5-7-15(16(11)18)17(19-2)12-8-13(20-3)10-14(9-12)21-4/h5-10,17,19H,1-4H3. The van der Waals surface area contributed by atoms with Crippen LogP contribution in [0.2, 0.25) is 0 Å². The van der Waals surface area contributed by atoms with Crippen LogP contribution in [0.5, 0.6) is 11.5 Å². The summed E-state index contributed by atoms with van der Waals surface area (Å²) in [4.78, 5) is 0. The van der Waals surface area contributed by atoms with Gasteiger partial charge in [0.2, 0.25) is 0 Å². The Morgan fingerprint density at radius 1 is 1.05 bits per heavy atom. The van der Waals surface area contributed by atoms with E-state index in [9.17, 15) is 0 Å². The van der Waals surface area contributed by atoms with Crippen molar-refractivity contribution in [2.45, 2.75) is 13.0 Å². The number of rotatable bonds is 5. The van der Waals surface area contributed by atoms with Crippen LogP contribution in [0.4, 0.5) is 0 Å². The second kappa shape index (κ2) is 6.96. The normalized spacial score (nSPS) is 12.0. The molecule has 1 N–H and O–H groups in total. The van der Waals surface area contributed by atoms with Crippen LogP contribution in [-0.2, 0) is 0 Å². The van der Waals surface area contributed by atoms with Crippen molar-refractivity contribution < 1.29 is 9.47 Å². The molecule has 0 bridgehead atoms. The molecule has 0 radical (unpaired) electrons. The van der Waals surface area contributed by atoms with E-state index < -0.39 is 0 Å². The second-order valence-corrected chi connectivity index (χ2v) is 5.64. The Morgan fingerprint density at radius 3 is 2.19 bits per heavy atom. The third-order valence-corrected chi connectivity index (χ3v) is 4.61. The summed E-state index contributed by atoms with van der Waals surface area (Å²) in [6, 6.07) is 12.3. The van der Waals surface area contributed by atoms with Crippen molar-refractivity contribution in [2.24, 2.45) is 0 Å². The maximum absolute atomic E-state index is 5.36. The zero-order valence-electron chi connectivity index (χ0n) is 12.7. The molecule has 0 spiro atoms. The van der Waals surface area contributed by atoms with Crippen LogP contribution in [0.3, 0.4) is 0 Å². The molecular weight excluding hydrogens is 330 g/mol. The van der Waals surface area contributed by atoms with Gasteiger partial charge in [-0.15, -0.1) is 0 Å². The van der Waals surface area contributed by atoms with Gasteiger partial charge in [0.25, 0.3) is 0 Å². The lowest BCUT2D eigenvalue weighted by molar-refractivity contribution is 0.392. The summed E-state index contributed by atoms with van der Waals surface area (Å²) in [5.41, 5.74) is 3.50. The van der Waals surface area contributed by atoms with Crippen LogP contribution >= 0.6 is 15.9 Å². The van der Waals surface area contributed by atoms with Crippen LogP contribution in [-0.4, -0.2) is 21.3 Å². The minimum atomic E-state index is 0.0586. The number of ether oxygens (including phenoxy) is 2. The summed E-state index contributed by atoms with van der Waals surface area (Å²) in [7, 11) is 5.27. The molecule has 0 aliphatic rings. The van der Waals surface area contributed by atoms with Crippen LogP contribution < -0.4 is 14.8 Å². The average Bonchev–Trinajstić information content (AvgIpc) is 2.51. The highest BCUT2D eigenvalue weighted by Crippen LogP contribution is 2.34. The van der Waals surface area contributed by atoms with Crippen LogP contribution in [0.1, 0.15) is 22.7 Å². The van der Waals surface area contributed by atoms with Gasteiger partial charge >= 0.3 is 0 Å². The van der Waals surface area contributed by atoms with Crippen molar-refractivity contribution >= 4 is 15.9 Å². The maximum Gasteiger partial charge on any atom is 0.122 e. The van der Waals surface area contributed by atoms with Gasteiger partial charge in [0, 0.05) is 10.5 Å². The van der Waals surface area contributed by atoms with Gasteiger partial charge in [-0.1, -0.05) is 34.1 Å². The SMILES string of the molecule is CNC(c1cc(OC)cc(OC)c1)c1cccc(C)c1Br. The Labute approximate surface area is 134 Å². The molecule has 0 aromatic heterocycles. The van der Waals surface area contributed by atoms with Crippen molar-refractivity contribution in [3.63, 3.8) is 0 Å². The summed E-state index contributed by atoms with van der Waals surface area (Å²) >= 11 is 3.69. The predicted molar refractivity (Wildman–Crippen MR) is 89.3 cm³/mol. The van der Waals surface area contributed by atoms with E-state index in [0.717, 1.165) is 21.5 Å². The molecule has 0 fully saturated rings. The van der Waals surface area contributed by atoms with Crippen LogP contribution in [0.25, 0.3) is 0 Å². The first kappa shape index (κ1) is 15.9. The largest absolute Gasteiger partial charge is 0.497 e. The third kappa shape index (κ3) is 3.39. The summed E-state index contributed by atoms with van der Waals surface area (Å²) in [6.45, 7) is 2.09. The monoisotopic (exact) mass is 349 g/mol. The molecule has 21 heavy (non-hydrogen) atoms. The highest BCUT2D eigenvalue weighted by molar-refractivity contribution is 9.10. The Kier molecular flexibility index (Phi) is 5.26. The number of halogens is 1. The molecule has 2 rings (SSSR count). The summed E-state index contributed by atoms with van der Waals surface area (Å²) in [5, 5.41) is 3.36. The first-order valence-electron chi connectivity index (χ1n) is 6.76. The van der Waals surface area contributed by atoms with Gasteiger partial charge < -0.3 is 14.8 Å². The van der Waals surface area contributed by atoms with E-state index >= 15 is 0 Å². The number of hydrogen-bond donors (Lipinski definition) is 1. The summed E-state index contributed by atoms with van der Waals surface area (Å²) in [5.74, 6) is 1.57. The summed E-state index contributed by atoms with van der Waals surface area (Å²) in [6.07, 6.45) is 0. The fourth-order valence-electron chi connectivity index (χ4n) is 2.39. The Balaban J connectivity index is 2.53. The van der Waals surface area contributed by atoms with Gasteiger partial charge in [0.1, 0.15) is 11.5 Å². The molecule has 3 nitrogen and oxygen atoms in total. The van der Waals surface area contributed by atoms with Crippen molar-refractivity contribution in [2.75, 3.05) is 21.3 Å². The third-order valence-electron chi connectivity index (χ3n) is 3.53. The lowest BCUT2D eigenvalue weighted by Gasteiger charge is -2.21. The zero-order chi connectivity index (χ0) is 15.4. The van der Waals surface area contributed by atoms with Crippen molar-refractivity contribution in [1.29, 1.82) is 0 Å². The van der Waals surface area contributed by atoms with E-state index in [1.807, 2.05) is 25.2 Å². The molecular formula is C17H20BrNO2. The second-order valence-electron chi connectivity index (χ2n) is 4.85. The molecule has 0 aliphatic carbocycles. The number of nitrogens with one attached hydrogen (secondary N) is 1. The first-order chi connectivity index (χ1) is 10.1. The van der Waals surface area contributed by atoms with E-state index in [1.54, 1.807) is 14.2 Å². The molecule has 1 unspecified atom stereocenters. The molecule has 112 valence electrons. The number of aryl methyl sites for hydroxylation is 1. The quantitative estimate of drug-likeness (QED) is 0.881. The molecule has 2 aromatic rings. The topological polar surface area (TPSA) is 30.5 Å². The van der Waals surface area contributed by atoms with Gasteiger partial charge in [0.15, 0.2) is 0 Å². The fourth-order valence-corrected chi connectivity index (χ4v) is 2.88. The van der Waals surface area contributed by atoms with Gasteiger partial charge in [-0.05, 0) is 42.8 Å². The molecule has 0 saturated heterocycles. The van der Waals surface area contributed by atoms with Gasteiger partial charge in [-0.3, -0.25) is 0 Å². The Morgan fingerprint density at radius 2 is 1.67 bits per heavy atom. The molecule has 4 heteroatoms. The fraction of sp³-hybridized carbons (Fsp3) is 0.294. The lowest BCUT2D eigenvalue weighted by atomic mass is 9.97. The van der Waals surface area contributed by atoms with E-state index in [-0.39, 0.29) is 6.04 Å². The van der Waals surface area contributed by atoms with Crippen LogP contribution in [0.15, 0.2) is 40.9 Å². The predicted octanol–water partition coefficient (Wildman–Crippen LogP) is 4.08. The highest BCUT2D eigenvalue weighted by Gasteiger charge is 2.17. The number of benzene rings is 2. The maximum atomic E-state index is 5.36. The molecule has 0 saturated carbocycles. The number of methoxy groups -OCH3 is 2. The summed E-state index contributed by atoms with van der Waals surface area (Å²) < 4.78 is 11.8. The lowest BCUT2D eigenvalue weighted by Crippen LogP contribution is -2.18. The molecule has 0 amide bonds. The van der Waals surface area contributed by atoms with E-state index in [2.05, 4.69) is 46.4 Å². The van der Waals surface area contributed by atoms with Gasteiger partial charge in [0.05, 0.1) is 20.3 Å². The molecule has 0 aliphatic heterocycles. The van der Waals surface area contributed by atoms with Crippen molar-refractivity contribution in [3.05, 3.63) is 57.6 Å². The minimum Gasteiger partial charge on any atom is -0.497 e. The highest BCUT2D eigenvalue weighted by atomic mass is 79.9. The minimum absolute atomic E-state index is 0.0586. The molecule has 2 aromatic carbocycles. The van der Waals surface area contributed by atoms with Gasteiger partial charge in [-0.2, -0.15) is 0 Å². The Hall–Kier alpha value is -1.52. The zero-order valence-corrected chi connectivity index (χ0v) is 14.3. The van der Waals surface area contributed by atoms with Gasteiger partial charge in [-0.25, -0.2) is 0 Å².